The molecule has 1 atom stereocenters. The van der Waals surface area contributed by atoms with E-state index in [0.29, 0.717) is 0 Å². The number of benzene rings is 2. The normalized spacial score (nSPS) is 12.2. The highest BCUT2D eigenvalue weighted by Crippen LogP contribution is 2.23. The quantitative estimate of drug-likeness (QED) is 0.872. The summed E-state index contributed by atoms with van der Waals surface area (Å²) in [6.45, 7) is 4.21. The molecule has 2 rings (SSSR count). The van der Waals surface area contributed by atoms with Crippen molar-refractivity contribution in [1.82, 2.24) is 4.90 Å². The maximum Gasteiger partial charge on any atom is 0.321 e. The molecule has 20 heavy (non-hydrogen) atoms. The lowest BCUT2D eigenvalue weighted by Gasteiger charge is -2.25. The van der Waals surface area contributed by atoms with Gasteiger partial charge in [-0.3, -0.25) is 0 Å². The van der Waals surface area contributed by atoms with E-state index in [0.717, 1.165) is 29.3 Å². The van der Waals surface area contributed by atoms with Crippen LogP contribution in [0.25, 0.3) is 10.8 Å². The Labute approximate surface area is 120 Å². The van der Waals surface area contributed by atoms with Crippen LogP contribution >= 0.6 is 0 Å². The number of anilines is 1. The van der Waals surface area contributed by atoms with E-state index in [1.54, 1.807) is 4.90 Å². The zero-order valence-corrected chi connectivity index (χ0v) is 12.4. The number of hydrogen-bond acceptors (Lipinski definition) is 1. The molecule has 3 nitrogen and oxygen atoms in total. The molecule has 3 heteroatoms. The van der Waals surface area contributed by atoms with Crippen molar-refractivity contribution in [3.05, 3.63) is 42.5 Å². The number of rotatable bonds is 4. The van der Waals surface area contributed by atoms with Crippen molar-refractivity contribution in [3.63, 3.8) is 0 Å². The third kappa shape index (κ3) is 3.10. The molecule has 0 aliphatic heterocycles. The molecule has 0 aromatic heterocycles. The fraction of sp³-hybridized carbons (Fsp3) is 0.353. The number of fused-ring (bicyclic) bond motifs is 1. The summed E-state index contributed by atoms with van der Waals surface area (Å²) in [5.74, 6) is 0. The molecule has 0 spiro atoms. The summed E-state index contributed by atoms with van der Waals surface area (Å²) in [6, 6.07) is 14.2. The number of nitrogens with zero attached hydrogens (tertiary/aromatic N) is 1. The topological polar surface area (TPSA) is 32.3 Å². The Morgan fingerprint density at radius 1 is 1.20 bits per heavy atom. The SMILES string of the molecule is CCC[C@H](C)N(C)C(=O)Nc1cccc2ccccc12. The summed E-state index contributed by atoms with van der Waals surface area (Å²) >= 11 is 0. The molecule has 106 valence electrons. The molecule has 0 aliphatic carbocycles. The summed E-state index contributed by atoms with van der Waals surface area (Å²) in [6.07, 6.45) is 2.09. The van der Waals surface area contributed by atoms with E-state index in [2.05, 4.69) is 31.3 Å². The molecule has 0 heterocycles. The predicted octanol–water partition coefficient (Wildman–Crippen LogP) is 4.49. The van der Waals surface area contributed by atoms with Crippen molar-refractivity contribution in [2.75, 3.05) is 12.4 Å². The Hall–Kier alpha value is -2.03. The minimum Gasteiger partial charge on any atom is -0.325 e. The van der Waals surface area contributed by atoms with Gasteiger partial charge in [0.1, 0.15) is 0 Å². The number of hydrogen-bond donors (Lipinski definition) is 1. The molecule has 2 amide bonds. The average Bonchev–Trinajstić information content (AvgIpc) is 2.47. The lowest BCUT2D eigenvalue weighted by Crippen LogP contribution is -2.38. The van der Waals surface area contributed by atoms with E-state index in [4.69, 9.17) is 0 Å². The van der Waals surface area contributed by atoms with Crippen molar-refractivity contribution in [3.8, 4) is 0 Å². The van der Waals surface area contributed by atoms with Gasteiger partial charge in [0.25, 0.3) is 0 Å². The first-order chi connectivity index (χ1) is 9.63. The van der Waals surface area contributed by atoms with Crippen LogP contribution in [0.15, 0.2) is 42.5 Å². The van der Waals surface area contributed by atoms with Crippen LogP contribution in [0, 0.1) is 0 Å². The average molecular weight is 270 g/mol. The van der Waals surface area contributed by atoms with Gasteiger partial charge in [-0.15, -0.1) is 0 Å². The molecule has 0 aliphatic rings. The maximum atomic E-state index is 12.3. The van der Waals surface area contributed by atoms with Gasteiger partial charge in [-0.05, 0) is 24.8 Å². The molecule has 0 unspecified atom stereocenters. The van der Waals surface area contributed by atoms with Crippen molar-refractivity contribution in [2.45, 2.75) is 32.7 Å². The highest BCUT2D eigenvalue weighted by Gasteiger charge is 2.15. The lowest BCUT2D eigenvalue weighted by atomic mass is 10.1. The van der Waals surface area contributed by atoms with E-state index in [1.807, 2.05) is 37.4 Å². The molecular weight excluding hydrogens is 248 g/mol. The zero-order chi connectivity index (χ0) is 14.5. The van der Waals surface area contributed by atoms with Gasteiger partial charge in [0.15, 0.2) is 0 Å². The van der Waals surface area contributed by atoms with Gasteiger partial charge < -0.3 is 10.2 Å². The van der Waals surface area contributed by atoms with Crippen LogP contribution in [0.3, 0.4) is 0 Å². The second kappa shape index (κ2) is 6.42. The summed E-state index contributed by atoms with van der Waals surface area (Å²) < 4.78 is 0. The number of amides is 2. The molecule has 0 bridgehead atoms. The van der Waals surface area contributed by atoms with E-state index in [1.165, 1.54) is 0 Å². The van der Waals surface area contributed by atoms with E-state index in [9.17, 15) is 4.79 Å². The molecule has 0 fully saturated rings. The second-order valence-electron chi connectivity index (χ2n) is 5.21. The van der Waals surface area contributed by atoms with Gasteiger partial charge in [0.05, 0.1) is 5.69 Å². The largest absolute Gasteiger partial charge is 0.325 e. The van der Waals surface area contributed by atoms with Gasteiger partial charge in [-0.1, -0.05) is 49.7 Å². The van der Waals surface area contributed by atoms with Crippen LogP contribution in [-0.2, 0) is 0 Å². The molecule has 2 aromatic carbocycles. The Balaban J connectivity index is 2.18. The predicted molar refractivity (Wildman–Crippen MR) is 85.1 cm³/mol. The minimum atomic E-state index is -0.0534. The molecule has 0 saturated heterocycles. The molecule has 0 saturated carbocycles. The second-order valence-corrected chi connectivity index (χ2v) is 5.21. The van der Waals surface area contributed by atoms with Gasteiger partial charge in [0, 0.05) is 18.5 Å². The van der Waals surface area contributed by atoms with E-state index in [-0.39, 0.29) is 12.1 Å². The summed E-state index contributed by atoms with van der Waals surface area (Å²) in [7, 11) is 1.85. The van der Waals surface area contributed by atoms with Gasteiger partial charge in [0.2, 0.25) is 0 Å². The van der Waals surface area contributed by atoms with Crippen LogP contribution in [-0.4, -0.2) is 24.0 Å². The number of urea groups is 1. The van der Waals surface area contributed by atoms with Crippen LogP contribution in [0.5, 0.6) is 0 Å². The maximum absolute atomic E-state index is 12.3. The van der Waals surface area contributed by atoms with E-state index < -0.39 is 0 Å². The minimum absolute atomic E-state index is 0.0534. The van der Waals surface area contributed by atoms with Crippen molar-refractivity contribution in [1.29, 1.82) is 0 Å². The molecule has 1 N–H and O–H groups in total. The zero-order valence-electron chi connectivity index (χ0n) is 12.4. The van der Waals surface area contributed by atoms with Crippen LogP contribution < -0.4 is 5.32 Å². The highest BCUT2D eigenvalue weighted by molar-refractivity contribution is 6.01. The van der Waals surface area contributed by atoms with Crippen LogP contribution in [0.1, 0.15) is 26.7 Å². The number of carbonyl (C=O) groups excluding carboxylic acids is 1. The molecule has 0 radical (unpaired) electrons. The van der Waals surface area contributed by atoms with Gasteiger partial charge >= 0.3 is 6.03 Å². The van der Waals surface area contributed by atoms with Gasteiger partial charge in [-0.2, -0.15) is 0 Å². The summed E-state index contributed by atoms with van der Waals surface area (Å²) in [5, 5.41) is 5.21. The molecule has 2 aromatic rings. The number of carbonyl (C=O) groups is 1. The summed E-state index contributed by atoms with van der Waals surface area (Å²) in [5.41, 5.74) is 0.864. The standard InChI is InChI=1S/C17H22N2O/c1-4-8-13(2)19(3)17(20)18-16-12-7-10-14-9-5-6-11-15(14)16/h5-7,9-13H,4,8H2,1-3H3,(H,18,20)/t13-/m0/s1. The third-order valence-corrected chi connectivity index (χ3v) is 3.72. The first-order valence-corrected chi connectivity index (χ1v) is 7.15. The van der Waals surface area contributed by atoms with Gasteiger partial charge in [-0.25, -0.2) is 4.79 Å². The summed E-state index contributed by atoms with van der Waals surface area (Å²) in [4.78, 5) is 14.1. The Morgan fingerprint density at radius 3 is 2.65 bits per heavy atom. The Kier molecular flexibility index (Phi) is 4.61. The van der Waals surface area contributed by atoms with Crippen molar-refractivity contribution >= 4 is 22.5 Å². The first-order valence-electron chi connectivity index (χ1n) is 7.15. The lowest BCUT2D eigenvalue weighted by molar-refractivity contribution is 0.205. The fourth-order valence-electron chi connectivity index (χ4n) is 2.35. The van der Waals surface area contributed by atoms with Crippen LogP contribution in [0.4, 0.5) is 10.5 Å². The Bertz CT molecular complexity index is 589. The molecular formula is C17H22N2O. The highest BCUT2D eigenvalue weighted by atomic mass is 16.2. The Morgan fingerprint density at radius 2 is 1.90 bits per heavy atom. The van der Waals surface area contributed by atoms with Crippen molar-refractivity contribution < 1.29 is 4.79 Å². The number of nitrogens with one attached hydrogen (secondary N) is 1. The fourth-order valence-corrected chi connectivity index (χ4v) is 2.35. The monoisotopic (exact) mass is 270 g/mol. The van der Waals surface area contributed by atoms with Crippen LogP contribution in [0.2, 0.25) is 0 Å². The third-order valence-electron chi connectivity index (χ3n) is 3.72. The van der Waals surface area contributed by atoms with Crippen molar-refractivity contribution in [2.24, 2.45) is 0 Å². The smallest absolute Gasteiger partial charge is 0.321 e. The first kappa shape index (κ1) is 14.4. The van der Waals surface area contributed by atoms with E-state index >= 15 is 0 Å².